The minimum atomic E-state index is -0.441. The summed E-state index contributed by atoms with van der Waals surface area (Å²) in [6.07, 6.45) is 0. The molecule has 0 bridgehead atoms. The van der Waals surface area contributed by atoms with Gasteiger partial charge in [0, 0.05) is 11.7 Å². The SMILES string of the molecule is Cc1ccc(N(C(=O)Cl)C(C)C)cc1. The second-order valence-electron chi connectivity index (χ2n) is 3.55. The molecule has 76 valence electrons. The van der Waals surface area contributed by atoms with Crippen molar-refractivity contribution in [1.29, 1.82) is 0 Å². The molecule has 0 aromatic heterocycles. The average molecular weight is 212 g/mol. The van der Waals surface area contributed by atoms with Crippen LogP contribution < -0.4 is 4.90 Å². The Labute approximate surface area is 89.5 Å². The number of nitrogens with zero attached hydrogens (tertiary/aromatic N) is 1. The number of aryl methyl sites for hydroxylation is 1. The van der Waals surface area contributed by atoms with E-state index in [-0.39, 0.29) is 6.04 Å². The second kappa shape index (κ2) is 4.47. The van der Waals surface area contributed by atoms with E-state index < -0.39 is 5.37 Å². The summed E-state index contributed by atoms with van der Waals surface area (Å²) in [6.45, 7) is 5.87. The maximum absolute atomic E-state index is 11.2. The van der Waals surface area contributed by atoms with Crippen molar-refractivity contribution in [2.45, 2.75) is 26.8 Å². The Hall–Kier alpha value is -1.02. The summed E-state index contributed by atoms with van der Waals surface area (Å²) in [5.41, 5.74) is 2.00. The molecule has 0 heterocycles. The van der Waals surface area contributed by atoms with Crippen LogP contribution in [0.5, 0.6) is 0 Å². The Kier molecular flexibility index (Phi) is 3.53. The van der Waals surface area contributed by atoms with Gasteiger partial charge >= 0.3 is 5.37 Å². The Morgan fingerprint density at radius 2 is 1.79 bits per heavy atom. The number of amides is 1. The predicted octanol–water partition coefficient (Wildman–Crippen LogP) is 3.57. The fraction of sp³-hybridized carbons (Fsp3) is 0.364. The van der Waals surface area contributed by atoms with Crippen LogP contribution in [-0.2, 0) is 0 Å². The number of benzene rings is 1. The minimum Gasteiger partial charge on any atom is -0.296 e. The molecule has 1 aromatic rings. The number of rotatable bonds is 2. The molecule has 0 aliphatic carbocycles. The van der Waals surface area contributed by atoms with Gasteiger partial charge in [-0.2, -0.15) is 0 Å². The minimum absolute atomic E-state index is 0.0720. The lowest BCUT2D eigenvalue weighted by atomic mass is 10.2. The number of carbonyl (C=O) groups is 1. The van der Waals surface area contributed by atoms with Crippen LogP contribution in [-0.4, -0.2) is 11.4 Å². The lowest BCUT2D eigenvalue weighted by Crippen LogP contribution is -2.32. The quantitative estimate of drug-likeness (QED) is 0.541. The van der Waals surface area contributed by atoms with E-state index in [2.05, 4.69) is 0 Å². The zero-order chi connectivity index (χ0) is 10.7. The molecule has 0 unspecified atom stereocenters. The fourth-order valence-corrected chi connectivity index (χ4v) is 1.60. The molecule has 0 radical (unpaired) electrons. The van der Waals surface area contributed by atoms with Crippen LogP contribution in [0.2, 0.25) is 0 Å². The van der Waals surface area contributed by atoms with Crippen LogP contribution in [0.4, 0.5) is 10.5 Å². The maximum Gasteiger partial charge on any atom is 0.321 e. The van der Waals surface area contributed by atoms with Gasteiger partial charge in [-0.05, 0) is 44.5 Å². The van der Waals surface area contributed by atoms with Crippen molar-refractivity contribution in [2.24, 2.45) is 0 Å². The topological polar surface area (TPSA) is 20.3 Å². The van der Waals surface area contributed by atoms with E-state index in [4.69, 9.17) is 11.6 Å². The van der Waals surface area contributed by atoms with E-state index in [1.807, 2.05) is 45.0 Å². The second-order valence-corrected chi connectivity index (χ2v) is 3.88. The van der Waals surface area contributed by atoms with Gasteiger partial charge in [0.05, 0.1) is 0 Å². The third-order valence-electron chi connectivity index (χ3n) is 2.02. The molecule has 0 saturated carbocycles. The van der Waals surface area contributed by atoms with Gasteiger partial charge in [0.2, 0.25) is 0 Å². The molecule has 0 aliphatic rings. The lowest BCUT2D eigenvalue weighted by molar-refractivity contribution is 0.263. The van der Waals surface area contributed by atoms with E-state index in [0.29, 0.717) is 0 Å². The van der Waals surface area contributed by atoms with E-state index in [1.165, 1.54) is 5.56 Å². The molecule has 0 saturated heterocycles. The molecular weight excluding hydrogens is 198 g/mol. The summed E-state index contributed by atoms with van der Waals surface area (Å²) in [5, 5.41) is -0.441. The molecule has 3 heteroatoms. The van der Waals surface area contributed by atoms with Crippen molar-refractivity contribution in [1.82, 2.24) is 0 Å². The first kappa shape index (κ1) is 11.1. The number of halogens is 1. The highest BCUT2D eigenvalue weighted by Gasteiger charge is 2.16. The normalized spacial score (nSPS) is 10.4. The van der Waals surface area contributed by atoms with E-state index in [1.54, 1.807) is 4.90 Å². The average Bonchev–Trinajstić information content (AvgIpc) is 2.07. The first-order chi connectivity index (χ1) is 6.52. The van der Waals surface area contributed by atoms with Crippen molar-refractivity contribution < 1.29 is 4.79 Å². The van der Waals surface area contributed by atoms with Gasteiger partial charge in [-0.15, -0.1) is 0 Å². The number of anilines is 1. The molecule has 14 heavy (non-hydrogen) atoms. The zero-order valence-corrected chi connectivity index (χ0v) is 9.38. The highest BCUT2D eigenvalue weighted by atomic mass is 35.5. The third-order valence-corrected chi connectivity index (χ3v) is 2.20. The first-order valence-electron chi connectivity index (χ1n) is 4.57. The first-order valence-corrected chi connectivity index (χ1v) is 4.95. The molecule has 2 nitrogen and oxygen atoms in total. The van der Waals surface area contributed by atoms with E-state index in [0.717, 1.165) is 5.69 Å². The molecule has 0 aliphatic heterocycles. The Balaban J connectivity index is 3.00. The van der Waals surface area contributed by atoms with Crippen molar-refractivity contribution in [2.75, 3.05) is 4.90 Å². The molecule has 0 atom stereocenters. The van der Waals surface area contributed by atoms with Gasteiger partial charge in [0.1, 0.15) is 0 Å². The molecule has 1 aromatic carbocycles. The maximum atomic E-state index is 11.2. The summed E-state index contributed by atoms with van der Waals surface area (Å²) < 4.78 is 0. The number of carbonyl (C=O) groups excluding carboxylic acids is 1. The van der Waals surface area contributed by atoms with Gasteiger partial charge in [0.15, 0.2) is 0 Å². The van der Waals surface area contributed by atoms with Crippen LogP contribution >= 0.6 is 11.6 Å². The third kappa shape index (κ3) is 2.48. The monoisotopic (exact) mass is 211 g/mol. The fourth-order valence-electron chi connectivity index (χ4n) is 1.31. The van der Waals surface area contributed by atoms with Crippen molar-refractivity contribution in [3.05, 3.63) is 29.8 Å². The van der Waals surface area contributed by atoms with Gasteiger partial charge in [-0.3, -0.25) is 9.69 Å². The van der Waals surface area contributed by atoms with E-state index >= 15 is 0 Å². The van der Waals surface area contributed by atoms with Crippen LogP contribution in [0.3, 0.4) is 0 Å². The predicted molar refractivity (Wildman–Crippen MR) is 60.0 cm³/mol. The smallest absolute Gasteiger partial charge is 0.296 e. The van der Waals surface area contributed by atoms with Gasteiger partial charge in [-0.25, -0.2) is 0 Å². The summed E-state index contributed by atoms with van der Waals surface area (Å²) in [5.74, 6) is 0. The highest BCUT2D eigenvalue weighted by molar-refractivity contribution is 6.66. The number of hydrogen-bond acceptors (Lipinski definition) is 1. The number of hydrogen-bond donors (Lipinski definition) is 0. The van der Waals surface area contributed by atoms with Crippen LogP contribution in [0.25, 0.3) is 0 Å². The van der Waals surface area contributed by atoms with Crippen LogP contribution in [0.15, 0.2) is 24.3 Å². The zero-order valence-electron chi connectivity index (χ0n) is 8.62. The van der Waals surface area contributed by atoms with Gasteiger partial charge < -0.3 is 0 Å². The summed E-state index contributed by atoms with van der Waals surface area (Å²) in [7, 11) is 0. The summed E-state index contributed by atoms with van der Waals surface area (Å²) in [6, 6.07) is 7.79. The molecular formula is C11H14ClNO. The Morgan fingerprint density at radius 3 is 2.14 bits per heavy atom. The van der Waals surface area contributed by atoms with Gasteiger partial charge in [-0.1, -0.05) is 17.7 Å². The van der Waals surface area contributed by atoms with Gasteiger partial charge in [0.25, 0.3) is 0 Å². The van der Waals surface area contributed by atoms with Crippen molar-refractivity contribution in [3.8, 4) is 0 Å². The summed E-state index contributed by atoms with van der Waals surface area (Å²) >= 11 is 5.50. The van der Waals surface area contributed by atoms with Crippen molar-refractivity contribution in [3.63, 3.8) is 0 Å². The Morgan fingerprint density at radius 1 is 1.29 bits per heavy atom. The standard InChI is InChI=1S/C11H14ClNO/c1-8(2)13(11(12)14)10-6-4-9(3)5-7-10/h4-8H,1-3H3. The lowest BCUT2D eigenvalue weighted by Gasteiger charge is -2.23. The van der Waals surface area contributed by atoms with Crippen LogP contribution in [0.1, 0.15) is 19.4 Å². The van der Waals surface area contributed by atoms with E-state index in [9.17, 15) is 4.79 Å². The Bertz CT molecular complexity index is 319. The molecule has 0 spiro atoms. The highest BCUT2D eigenvalue weighted by Crippen LogP contribution is 2.19. The van der Waals surface area contributed by atoms with Crippen LogP contribution in [0, 0.1) is 6.92 Å². The molecule has 1 amide bonds. The van der Waals surface area contributed by atoms with Crippen molar-refractivity contribution >= 4 is 22.7 Å². The molecule has 1 rings (SSSR count). The molecule has 0 N–H and O–H groups in total. The molecule has 0 fully saturated rings. The largest absolute Gasteiger partial charge is 0.321 e. The summed E-state index contributed by atoms with van der Waals surface area (Å²) in [4.78, 5) is 12.7.